The van der Waals surface area contributed by atoms with Crippen LogP contribution in [0.1, 0.15) is 28.8 Å². The zero-order valence-corrected chi connectivity index (χ0v) is 21.3. The number of nitrogens with two attached hydrogens (primary N) is 1. The van der Waals surface area contributed by atoms with Crippen molar-refractivity contribution >= 4 is 34.8 Å². The zero-order chi connectivity index (χ0) is 27.1. The fraction of sp³-hybridized carbons (Fsp3) is 0.129. The molecule has 192 valence electrons. The molecule has 0 saturated carbocycles. The van der Waals surface area contributed by atoms with Crippen LogP contribution in [0, 0.1) is 0 Å². The first-order valence-corrected chi connectivity index (χ1v) is 12.3. The van der Waals surface area contributed by atoms with E-state index in [0.717, 1.165) is 11.1 Å². The topological polar surface area (TPSA) is 105 Å². The molecular weight excluding hydrogens is 476 g/mol. The van der Waals surface area contributed by atoms with Crippen molar-refractivity contribution in [2.45, 2.75) is 12.8 Å². The molecule has 0 spiro atoms. The lowest BCUT2D eigenvalue weighted by Gasteiger charge is -2.22. The van der Waals surface area contributed by atoms with Crippen molar-refractivity contribution in [2.75, 3.05) is 30.0 Å². The fourth-order valence-corrected chi connectivity index (χ4v) is 4.01. The maximum atomic E-state index is 13.2. The Labute approximate surface area is 222 Å². The van der Waals surface area contributed by atoms with Gasteiger partial charge >= 0.3 is 0 Å². The van der Waals surface area contributed by atoms with Gasteiger partial charge in [-0.1, -0.05) is 66.7 Å². The first kappa shape index (κ1) is 26.2. The molecule has 0 aromatic heterocycles. The minimum Gasteiger partial charge on any atom is -0.397 e. The first-order valence-electron chi connectivity index (χ1n) is 12.3. The van der Waals surface area contributed by atoms with Crippen LogP contribution in [0.4, 0.5) is 17.1 Å². The summed E-state index contributed by atoms with van der Waals surface area (Å²) in [5.74, 6) is -2.18. The van der Waals surface area contributed by atoms with Gasteiger partial charge in [-0.3, -0.25) is 14.4 Å². The van der Waals surface area contributed by atoms with E-state index in [1.165, 1.54) is 4.90 Å². The number of carbonyl (C=O) groups is 3. The highest BCUT2D eigenvalue weighted by Crippen LogP contribution is 2.28. The van der Waals surface area contributed by atoms with Gasteiger partial charge in [0.05, 0.1) is 11.4 Å². The molecule has 0 bridgehead atoms. The molecule has 4 N–H and O–H groups in total. The third kappa shape index (κ3) is 6.07. The zero-order valence-electron chi connectivity index (χ0n) is 21.3. The van der Waals surface area contributed by atoms with E-state index in [-0.39, 0.29) is 11.8 Å². The quantitative estimate of drug-likeness (QED) is 0.220. The number of para-hydroxylation sites is 1. The minimum absolute atomic E-state index is 0.330. The summed E-state index contributed by atoms with van der Waals surface area (Å²) < 4.78 is 0. The Morgan fingerprint density at radius 3 is 2.05 bits per heavy atom. The average molecular weight is 507 g/mol. The number of nitrogens with zero attached hydrogens (tertiary/aromatic N) is 1. The lowest BCUT2D eigenvalue weighted by Crippen LogP contribution is -2.37. The molecule has 1 atom stereocenters. The number of nitrogen functional groups attached to an aromatic ring is 1. The van der Waals surface area contributed by atoms with E-state index in [1.807, 2.05) is 55.5 Å². The molecule has 0 aliphatic carbocycles. The fourth-order valence-electron chi connectivity index (χ4n) is 4.01. The van der Waals surface area contributed by atoms with E-state index in [1.54, 1.807) is 61.6 Å². The van der Waals surface area contributed by atoms with Crippen molar-refractivity contribution in [3.8, 4) is 11.1 Å². The maximum absolute atomic E-state index is 13.2. The maximum Gasteiger partial charge on any atom is 0.255 e. The van der Waals surface area contributed by atoms with Crippen molar-refractivity contribution in [3.05, 3.63) is 114 Å². The van der Waals surface area contributed by atoms with E-state index in [4.69, 9.17) is 5.73 Å². The number of amides is 3. The smallest absolute Gasteiger partial charge is 0.255 e. The predicted octanol–water partition coefficient (Wildman–Crippen LogP) is 5.39. The van der Waals surface area contributed by atoms with Crippen LogP contribution in [0.25, 0.3) is 11.1 Å². The van der Waals surface area contributed by atoms with E-state index < -0.39 is 11.8 Å². The van der Waals surface area contributed by atoms with Gasteiger partial charge in [0.2, 0.25) is 11.8 Å². The molecule has 7 heteroatoms. The summed E-state index contributed by atoms with van der Waals surface area (Å²) in [7, 11) is 1.65. The molecule has 0 radical (unpaired) electrons. The Hall–Kier alpha value is -4.91. The SMILES string of the molecule is CCN(C)C(=O)C(C(=O)Nc1ccccc1)c1ccc(C(=O)Nc2cc(-c3ccccc3)ccc2N)cc1. The Balaban J connectivity index is 1.55. The number of carbonyl (C=O) groups excluding carboxylic acids is 3. The first-order chi connectivity index (χ1) is 18.4. The molecule has 0 saturated heterocycles. The molecule has 0 heterocycles. The summed E-state index contributed by atoms with van der Waals surface area (Å²) in [6, 6.07) is 30.7. The van der Waals surface area contributed by atoms with Gasteiger partial charge in [0.25, 0.3) is 5.91 Å². The molecule has 7 nitrogen and oxygen atoms in total. The van der Waals surface area contributed by atoms with E-state index in [2.05, 4.69) is 10.6 Å². The van der Waals surface area contributed by atoms with Crippen molar-refractivity contribution < 1.29 is 14.4 Å². The highest BCUT2D eigenvalue weighted by molar-refractivity contribution is 6.11. The van der Waals surface area contributed by atoms with Crippen molar-refractivity contribution in [1.29, 1.82) is 0 Å². The predicted molar refractivity (Wildman–Crippen MR) is 152 cm³/mol. The van der Waals surface area contributed by atoms with Crippen LogP contribution in [0.2, 0.25) is 0 Å². The summed E-state index contributed by atoms with van der Waals surface area (Å²) in [5, 5.41) is 5.69. The van der Waals surface area contributed by atoms with Crippen LogP contribution in [-0.2, 0) is 9.59 Å². The summed E-state index contributed by atoms with van der Waals surface area (Å²) in [6.45, 7) is 2.30. The molecule has 4 aromatic rings. The van der Waals surface area contributed by atoms with E-state index in [9.17, 15) is 14.4 Å². The second-order valence-electron chi connectivity index (χ2n) is 8.88. The molecule has 38 heavy (non-hydrogen) atoms. The number of nitrogens with one attached hydrogen (secondary N) is 2. The third-order valence-electron chi connectivity index (χ3n) is 6.32. The van der Waals surface area contributed by atoms with Crippen LogP contribution in [0.15, 0.2) is 103 Å². The Bertz CT molecular complexity index is 1420. The number of hydrogen-bond acceptors (Lipinski definition) is 4. The van der Waals surface area contributed by atoms with Crippen LogP contribution in [0.3, 0.4) is 0 Å². The highest BCUT2D eigenvalue weighted by atomic mass is 16.2. The monoisotopic (exact) mass is 506 g/mol. The van der Waals surface area contributed by atoms with Gasteiger partial charge in [0.1, 0.15) is 5.92 Å². The molecule has 1 unspecified atom stereocenters. The largest absolute Gasteiger partial charge is 0.397 e. The van der Waals surface area contributed by atoms with Gasteiger partial charge in [-0.2, -0.15) is 0 Å². The van der Waals surface area contributed by atoms with Gasteiger partial charge in [-0.25, -0.2) is 0 Å². The number of likely N-dealkylation sites (N-methyl/N-ethyl adjacent to an activating group) is 1. The number of anilines is 3. The molecule has 4 aromatic carbocycles. The van der Waals surface area contributed by atoms with E-state index >= 15 is 0 Å². The van der Waals surface area contributed by atoms with Crippen molar-refractivity contribution in [1.82, 2.24) is 4.90 Å². The Kier molecular flexibility index (Phi) is 8.18. The highest BCUT2D eigenvalue weighted by Gasteiger charge is 2.31. The molecule has 3 amide bonds. The minimum atomic E-state index is -1.06. The third-order valence-corrected chi connectivity index (χ3v) is 6.32. The normalized spacial score (nSPS) is 11.3. The van der Waals surface area contributed by atoms with Crippen molar-refractivity contribution in [2.24, 2.45) is 0 Å². The Morgan fingerprint density at radius 2 is 1.42 bits per heavy atom. The van der Waals surface area contributed by atoms with Gasteiger partial charge in [-0.15, -0.1) is 0 Å². The molecule has 4 rings (SSSR count). The lowest BCUT2D eigenvalue weighted by molar-refractivity contribution is -0.135. The van der Waals surface area contributed by atoms with Gasteiger partial charge < -0.3 is 21.3 Å². The number of benzene rings is 4. The molecular formula is C31H30N4O3. The standard InChI is InChI=1S/C31H30N4O3/c1-3-35(2)31(38)28(30(37)33-25-12-8-5-9-13-25)22-14-16-23(17-15-22)29(36)34-27-20-24(18-19-26(27)32)21-10-6-4-7-11-21/h4-20,28H,3,32H2,1-2H3,(H,33,37)(H,34,36). The second kappa shape index (κ2) is 11.9. The van der Waals surface area contributed by atoms with Crippen molar-refractivity contribution in [3.63, 3.8) is 0 Å². The summed E-state index contributed by atoms with van der Waals surface area (Å²) >= 11 is 0. The summed E-state index contributed by atoms with van der Waals surface area (Å²) in [5.41, 5.74) is 10.5. The van der Waals surface area contributed by atoms with Crippen LogP contribution in [-0.4, -0.2) is 36.2 Å². The molecule has 0 aliphatic heterocycles. The lowest BCUT2D eigenvalue weighted by atomic mass is 9.95. The van der Waals surface area contributed by atoms with Crippen LogP contribution >= 0.6 is 0 Å². The van der Waals surface area contributed by atoms with Gasteiger partial charge in [0.15, 0.2) is 0 Å². The van der Waals surface area contributed by atoms with Gasteiger partial charge in [0, 0.05) is 24.8 Å². The molecule has 0 aliphatic rings. The second-order valence-corrected chi connectivity index (χ2v) is 8.88. The van der Waals surface area contributed by atoms with Crippen LogP contribution in [0.5, 0.6) is 0 Å². The average Bonchev–Trinajstić information content (AvgIpc) is 2.95. The summed E-state index contributed by atoms with van der Waals surface area (Å²) in [6.07, 6.45) is 0. The van der Waals surface area contributed by atoms with Crippen LogP contribution < -0.4 is 16.4 Å². The number of rotatable bonds is 8. The number of hydrogen-bond donors (Lipinski definition) is 3. The molecule has 0 fully saturated rings. The van der Waals surface area contributed by atoms with E-state index in [0.29, 0.717) is 34.7 Å². The van der Waals surface area contributed by atoms with Gasteiger partial charge in [-0.05, 0) is 60.0 Å². The Morgan fingerprint density at radius 1 is 0.789 bits per heavy atom. The summed E-state index contributed by atoms with van der Waals surface area (Å²) in [4.78, 5) is 40.8.